The van der Waals surface area contributed by atoms with Crippen LogP contribution in [0.25, 0.3) is 0 Å². The third-order valence-corrected chi connectivity index (χ3v) is 4.09. The summed E-state index contributed by atoms with van der Waals surface area (Å²) in [5.74, 6) is 0.196. The number of benzene rings is 1. The molecule has 0 bridgehead atoms. The van der Waals surface area contributed by atoms with Gasteiger partial charge in [0.2, 0.25) is 0 Å². The second-order valence-electron chi connectivity index (χ2n) is 5.51. The van der Waals surface area contributed by atoms with Crippen LogP contribution in [0.1, 0.15) is 51.9 Å². The van der Waals surface area contributed by atoms with Crippen LogP contribution in [0.15, 0.2) is 34.7 Å². The fourth-order valence-corrected chi connectivity index (χ4v) is 3.03. The molecule has 1 unspecified atom stereocenters. The molecular formula is C17H19NO3. The van der Waals surface area contributed by atoms with Crippen LogP contribution in [-0.4, -0.2) is 11.1 Å². The predicted octanol–water partition coefficient (Wildman–Crippen LogP) is 3.45. The highest BCUT2D eigenvalue weighted by molar-refractivity contribution is 5.88. The van der Waals surface area contributed by atoms with Crippen molar-refractivity contribution in [1.29, 1.82) is 0 Å². The molecule has 0 aliphatic heterocycles. The van der Waals surface area contributed by atoms with Gasteiger partial charge in [0.25, 0.3) is 0 Å². The van der Waals surface area contributed by atoms with Crippen molar-refractivity contribution in [3.63, 3.8) is 0 Å². The monoisotopic (exact) mass is 285 g/mol. The van der Waals surface area contributed by atoms with Crippen molar-refractivity contribution in [2.45, 2.75) is 38.8 Å². The van der Waals surface area contributed by atoms with E-state index >= 15 is 0 Å². The zero-order valence-corrected chi connectivity index (χ0v) is 12.1. The number of hydrogen-bond donors (Lipinski definition) is 2. The molecule has 1 aliphatic carbocycles. The van der Waals surface area contributed by atoms with Crippen LogP contribution in [-0.2, 0) is 13.0 Å². The second kappa shape index (κ2) is 5.74. The normalized spacial score (nSPS) is 17.5. The molecule has 1 heterocycles. The van der Waals surface area contributed by atoms with E-state index in [0.717, 1.165) is 12.8 Å². The molecule has 2 N–H and O–H groups in total. The molecule has 0 spiro atoms. The average molecular weight is 285 g/mol. The first-order valence-electron chi connectivity index (χ1n) is 7.29. The number of hydrogen-bond acceptors (Lipinski definition) is 3. The van der Waals surface area contributed by atoms with Crippen molar-refractivity contribution >= 4 is 5.97 Å². The summed E-state index contributed by atoms with van der Waals surface area (Å²) in [6.45, 7) is 2.23. The number of carbonyl (C=O) groups is 1. The third kappa shape index (κ3) is 2.85. The Kier molecular flexibility index (Phi) is 3.80. The molecule has 1 aromatic carbocycles. The number of aromatic carboxylic acids is 1. The van der Waals surface area contributed by atoms with E-state index in [1.165, 1.54) is 17.5 Å². The van der Waals surface area contributed by atoms with E-state index in [-0.39, 0.29) is 5.56 Å². The topological polar surface area (TPSA) is 62.5 Å². The fourth-order valence-electron chi connectivity index (χ4n) is 3.03. The number of carboxylic acid groups (broad SMARTS) is 1. The molecule has 0 saturated carbocycles. The minimum absolute atomic E-state index is 0.246. The SMILES string of the molecule is Cc1oc(CNC2CCCc3ccccc32)cc1C(=O)O. The molecule has 4 nitrogen and oxygen atoms in total. The Hall–Kier alpha value is -2.07. The summed E-state index contributed by atoms with van der Waals surface area (Å²) < 4.78 is 5.51. The predicted molar refractivity (Wildman–Crippen MR) is 79.4 cm³/mol. The first-order chi connectivity index (χ1) is 10.1. The quantitative estimate of drug-likeness (QED) is 0.903. The lowest BCUT2D eigenvalue weighted by Gasteiger charge is -2.26. The van der Waals surface area contributed by atoms with Crippen molar-refractivity contribution < 1.29 is 14.3 Å². The number of aryl methyl sites for hydroxylation is 2. The van der Waals surface area contributed by atoms with Crippen molar-refractivity contribution in [3.05, 3.63) is 58.5 Å². The lowest BCUT2D eigenvalue weighted by atomic mass is 9.88. The molecule has 0 radical (unpaired) electrons. The summed E-state index contributed by atoms with van der Waals surface area (Å²) in [4.78, 5) is 11.0. The van der Waals surface area contributed by atoms with Crippen molar-refractivity contribution in [2.24, 2.45) is 0 Å². The lowest BCUT2D eigenvalue weighted by Crippen LogP contribution is -2.24. The van der Waals surface area contributed by atoms with Gasteiger partial charge >= 0.3 is 5.97 Å². The van der Waals surface area contributed by atoms with Gasteiger partial charge in [-0.2, -0.15) is 0 Å². The third-order valence-electron chi connectivity index (χ3n) is 4.09. The van der Waals surface area contributed by atoms with Crippen LogP contribution >= 0.6 is 0 Å². The summed E-state index contributed by atoms with van der Waals surface area (Å²) in [6.07, 6.45) is 3.41. The Morgan fingerprint density at radius 2 is 2.24 bits per heavy atom. The Balaban J connectivity index is 1.71. The number of rotatable bonds is 4. The van der Waals surface area contributed by atoms with Gasteiger partial charge in [0.1, 0.15) is 17.1 Å². The van der Waals surface area contributed by atoms with Gasteiger partial charge in [-0.05, 0) is 43.4 Å². The van der Waals surface area contributed by atoms with Gasteiger partial charge in [0, 0.05) is 6.04 Å². The molecule has 1 aromatic heterocycles. The molecule has 110 valence electrons. The fraction of sp³-hybridized carbons (Fsp3) is 0.353. The minimum atomic E-state index is -0.939. The van der Waals surface area contributed by atoms with Gasteiger partial charge in [-0.3, -0.25) is 0 Å². The second-order valence-corrected chi connectivity index (χ2v) is 5.51. The molecule has 0 amide bonds. The van der Waals surface area contributed by atoms with Crippen LogP contribution in [0.2, 0.25) is 0 Å². The zero-order chi connectivity index (χ0) is 14.8. The van der Waals surface area contributed by atoms with E-state index in [4.69, 9.17) is 9.52 Å². The molecule has 1 aliphatic rings. The highest BCUT2D eigenvalue weighted by Gasteiger charge is 2.20. The van der Waals surface area contributed by atoms with Crippen molar-refractivity contribution in [1.82, 2.24) is 5.32 Å². The summed E-state index contributed by atoms with van der Waals surface area (Å²) in [7, 11) is 0. The van der Waals surface area contributed by atoms with Crippen LogP contribution in [0, 0.1) is 6.92 Å². The van der Waals surface area contributed by atoms with Crippen LogP contribution in [0.4, 0.5) is 0 Å². The Morgan fingerprint density at radius 3 is 3.00 bits per heavy atom. The minimum Gasteiger partial charge on any atom is -0.478 e. The maximum atomic E-state index is 11.0. The van der Waals surface area contributed by atoms with Gasteiger partial charge < -0.3 is 14.8 Å². The zero-order valence-electron chi connectivity index (χ0n) is 12.1. The highest BCUT2D eigenvalue weighted by Crippen LogP contribution is 2.29. The molecule has 0 fully saturated rings. The molecular weight excluding hydrogens is 266 g/mol. The maximum absolute atomic E-state index is 11.0. The van der Waals surface area contributed by atoms with Gasteiger partial charge in [-0.1, -0.05) is 24.3 Å². The van der Waals surface area contributed by atoms with Crippen molar-refractivity contribution in [2.75, 3.05) is 0 Å². The summed E-state index contributed by atoms with van der Waals surface area (Å²) in [5.41, 5.74) is 3.00. The number of fused-ring (bicyclic) bond motifs is 1. The van der Waals surface area contributed by atoms with E-state index in [0.29, 0.717) is 24.1 Å². The Morgan fingerprint density at radius 1 is 1.43 bits per heavy atom. The van der Waals surface area contributed by atoms with E-state index < -0.39 is 5.97 Å². The Labute approximate surface area is 123 Å². The van der Waals surface area contributed by atoms with Crippen molar-refractivity contribution in [3.8, 4) is 0 Å². The first kappa shape index (κ1) is 13.9. The highest BCUT2D eigenvalue weighted by atomic mass is 16.4. The largest absolute Gasteiger partial charge is 0.478 e. The van der Waals surface area contributed by atoms with E-state index in [2.05, 4.69) is 29.6 Å². The van der Waals surface area contributed by atoms with E-state index in [1.807, 2.05) is 0 Å². The van der Waals surface area contributed by atoms with Crippen LogP contribution in [0.5, 0.6) is 0 Å². The van der Waals surface area contributed by atoms with E-state index in [9.17, 15) is 4.79 Å². The number of furan rings is 1. The Bertz CT molecular complexity index is 660. The number of carboxylic acids is 1. The molecule has 2 aromatic rings. The van der Waals surface area contributed by atoms with Gasteiger partial charge in [-0.25, -0.2) is 4.79 Å². The molecule has 1 atom stereocenters. The summed E-state index contributed by atoms with van der Waals surface area (Å²) in [6, 6.07) is 10.4. The standard InChI is InChI=1S/C17H19NO3/c1-11-15(17(19)20)9-13(21-11)10-18-16-8-4-6-12-5-2-3-7-14(12)16/h2-3,5,7,9,16,18H,4,6,8,10H2,1H3,(H,19,20). The smallest absolute Gasteiger partial charge is 0.339 e. The summed E-state index contributed by atoms with van der Waals surface area (Å²) >= 11 is 0. The molecule has 0 saturated heterocycles. The van der Waals surface area contributed by atoms with Crippen LogP contribution in [0.3, 0.4) is 0 Å². The first-order valence-corrected chi connectivity index (χ1v) is 7.29. The van der Waals surface area contributed by atoms with E-state index in [1.54, 1.807) is 13.0 Å². The molecule has 4 heteroatoms. The lowest BCUT2D eigenvalue weighted by molar-refractivity contribution is 0.0695. The molecule has 21 heavy (non-hydrogen) atoms. The summed E-state index contributed by atoms with van der Waals surface area (Å²) in [5, 5.41) is 12.5. The number of nitrogens with one attached hydrogen (secondary N) is 1. The maximum Gasteiger partial charge on any atom is 0.339 e. The molecule has 3 rings (SSSR count). The van der Waals surface area contributed by atoms with Gasteiger partial charge in [0.05, 0.1) is 6.54 Å². The van der Waals surface area contributed by atoms with Crippen LogP contribution < -0.4 is 5.32 Å². The van der Waals surface area contributed by atoms with Gasteiger partial charge in [0.15, 0.2) is 0 Å². The average Bonchev–Trinajstić information content (AvgIpc) is 2.86. The van der Waals surface area contributed by atoms with Gasteiger partial charge in [-0.15, -0.1) is 0 Å².